The Morgan fingerprint density at radius 2 is 1.84 bits per heavy atom. The highest BCUT2D eigenvalue weighted by Crippen LogP contribution is 2.32. The summed E-state index contributed by atoms with van der Waals surface area (Å²) < 4.78 is 5.72. The SMILES string of the molecule is CSc1ccc(Oc2ccc(C(C)O)cc2Cl)cc1. The van der Waals surface area contributed by atoms with Crippen LogP contribution in [0.4, 0.5) is 0 Å². The van der Waals surface area contributed by atoms with Crippen LogP contribution in [0.25, 0.3) is 0 Å². The van der Waals surface area contributed by atoms with E-state index >= 15 is 0 Å². The van der Waals surface area contributed by atoms with E-state index in [1.807, 2.05) is 36.6 Å². The summed E-state index contributed by atoms with van der Waals surface area (Å²) in [6.07, 6.45) is 1.49. The molecule has 2 rings (SSSR count). The lowest BCUT2D eigenvalue weighted by Crippen LogP contribution is -1.92. The second kappa shape index (κ2) is 6.33. The van der Waals surface area contributed by atoms with E-state index in [0.717, 1.165) is 11.3 Å². The van der Waals surface area contributed by atoms with Crippen molar-refractivity contribution in [2.75, 3.05) is 6.26 Å². The van der Waals surface area contributed by atoms with Gasteiger partial charge in [0.25, 0.3) is 0 Å². The number of hydrogen-bond donors (Lipinski definition) is 1. The van der Waals surface area contributed by atoms with Crippen molar-refractivity contribution in [3.8, 4) is 11.5 Å². The third-order valence-corrected chi connectivity index (χ3v) is 3.76. The first-order valence-corrected chi connectivity index (χ1v) is 7.50. The molecule has 0 aromatic heterocycles. The maximum absolute atomic E-state index is 9.48. The van der Waals surface area contributed by atoms with Crippen molar-refractivity contribution in [3.63, 3.8) is 0 Å². The molecular formula is C15H15ClO2S. The first-order chi connectivity index (χ1) is 9.10. The summed E-state index contributed by atoms with van der Waals surface area (Å²) in [5, 5.41) is 9.98. The van der Waals surface area contributed by atoms with Crippen molar-refractivity contribution in [2.24, 2.45) is 0 Å². The fourth-order valence-corrected chi connectivity index (χ4v) is 2.27. The highest BCUT2D eigenvalue weighted by Gasteiger charge is 2.07. The minimum absolute atomic E-state index is 0.493. The minimum Gasteiger partial charge on any atom is -0.456 e. The molecule has 0 amide bonds. The van der Waals surface area contributed by atoms with Gasteiger partial charge in [0.05, 0.1) is 11.1 Å². The molecule has 2 nitrogen and oxygen atoms in total. The molecule has 0 bridgehead atoms. The van der Waals surface area contributed by atoms with Crippen molar-refractivity contribution in [1.82, 2.24) is 0 Å². The molecule has 0 aliphatic rings. The van der Waals surface area contributed by atoms with E-state index in [4.69, 9.17) is 16.3 Å². The molecule has 0 aliphatic carbocycles. The first kappa shape index (κ1) is 14.3. The summed E-state index contributed by atoms with van der Waals surface area (Å²) >= 11 is 7.82. The van der Waals surface area contributed by atoms with Gasteiger partial charge in [0, 0.05) is 4.90 Å². The average molecular weight is 295 g/mol. The molecule has 2 aromatic rings. The van der Waals surface area contributed by atoms with E-state index in [1.54, 1.807) is 30.8 Å². The number of hydrogen-bond acceptors (Lipinski definition) is 3. The molecule has 100 valence electrons. The average Bonchev–Trinajstić information content (AvgIpc) is 2.41. The Morgan fingerprint density at radius 3 is 2.37 bits per heavy atom. The Morgan fingerprint density at radius 1 is 1.16 bits per heavy atom. The number of thioether (sulfide) groups is 1. The van der Waals surface area contributed by atoms with Gasteiger partial charge in [0.1, 0.15) is 11.5 Å². The fourth-order valence-electron chi connectivity index (χ4n) is 1.63. The van der Waals surface area contributed by atoms with Crippen LogP contribution in [-0.4, -0.2) is 11.4 Å². The van der Waals surface area contributed by atoms with Gasteiger partial charge in [0.15, 0.2) is 0 Å². The molecule has 1 unspecified atom stereocenters. The van der Waals surface area contributed by atoms with Gasteiger partial charge in [0.2, 0.25) is 0 Å². The Labute approximate surface area is 122 Å². The van der Waals surface area contributed by atoms with Crippen LogP contribution in [0.15, 0.2) is 47.4 Å². The molecule has 0 aliphatic heterocycles. The predicted molar refractivity (Wildman–Crippen MR) is 80.4 cm³/mol. The summed E-state index contributed by atoms with van der Waals surface area (Å²) in [7, 11) is 0. The quantitative estimate of drug-likeness (QED) is 0.813. The topological polar surface area (TPSA) is 29.5 Å². The number of halogens is 1. The Kier molecular flexibility index (Phi) is 4.75. The molecule has 0 saturated carbocycles. The summed E-state index contributed by atoms with van der Waals surface area (Å²) in [4.78, 5) is 1.18. The lowest BCUT2D eigenvalue weighted by atomic mass is 10.1. The van der Waals surface area contributed by atoms with Gasteiger partial charge in [-0.25, -0.2) is 0 Å². The number of aliphatic hydroxyl groups excluding tert-OH is 1. The Bertz CT molecular complexity index is 553. The van der Waals surface area contributed by atoms with Crippen LogP contribution in [0, 0.1) is 0 Å². The van der Waals surface area contributed by atoms with E-state index in [1.165, 1.54) is 4.90 Å². The zero-order chi connectivity index (χ0) is 13.8. The van der Waals surface area contributed by atoms with Crippen molar-refractivity contribution in [3.05, 3.63) is 53.1 Å². The zero-order valence-electron chi connectivity index (χ0n) is 10.8. The Hall–Kier alpha value is -1.16. The third kappa shape index (κ3) is 3.66. The number of aliphatic hydroxyl groups is 1. The standard InChI is InChI=1S/C15H15ClO2S/c1-10(17)11-3-8-15(14(16)9-11)18-12-4-6-13(19-2)7-5-12/h3-10,17H,1-2H3. The van der Waals surface area contributed by atoms with E-state index in [2.05, 4.69) is 0 Å². The summed E-state index contributed by atoms with van der Waals surface area (Å²) in [6, 6.07) is 13.1. The number of benzene rings is 2. The molecule has 0 radical (unpaired) electrons. The van der Waals surface area contributed by atoms with Gasteiger partial charge in [-0.15, -0.1) is 11.8 Å². The molecule has 2 aromatic carbocycles. The molecule has 19 heavy (non-hydrogen) atoms. The maximum atomic E-state index is 9.48. The lowest BCUT2D eigenvalue weighted by Gasteiger charge is -2.10. The number of rotatable bonds is 4. The van der Waals surface area contributed by atoms with Gasteiger partial charge < -0.3 is 9.84 Å². The van der Waals surface area contributed by atoms with Gasteiger partial charge >= 0.3 is 0 Å². The van der Waals surface area contributed by atoms with E-state index in [-0.39, 0.29) is 0 Å². The fraction of sp³-hybridized carbons (Fsp3) is 0.200. The molecule has 4 heteroatoms. The molecule has 1 atom stereocenters. The van der Waals surface area contributed by atoms with Crippen LogP contribution in [0.1, 0.15) is 18.6 Å². The molecule has 0 spiro atoms. The van der Waals surface area contributed by atoms with Gasteiger partial charge in [-0.3, -0.25) is 0 Å². The second-order valence-electron chi connectivity index (χ2n) is 4.14. The lowest BCUT2D eigenvalue weighted by molar-refractivity contribution is 0.199. The van der Waals surface area contributed by atoms with Crippen LogP contribution < -0.4 is 4.74 Å². The number of ether oxygens (including phenoxy) is 1. The minimum atomic E-state index is -0.535. The van der Waals surface area contributed by atoms with Gasteiger partial charge in [-0.2, -0.15) is 0 Å². The van der Waals surface area contributed by atoms with Crippen LogP contribution >= 0.6 is 23.4 Å². The summed E-state index contributed by atoms with van der Waals surface area (Å²) in [6.45, 7) is 1.70. The van der Waals surface area contributed by atoms with Crippen LogP contribution in [-0.2, 0) is 0 Å². The smallest absolute Gasteiger partial charge is 0.146 e. The molecule has 0 fully saturated rings. The van der Waals surface area contributed by atoms with Crippen molar-refractivity contribution >= 4 is 23.4 Å². The monoisotopic (exact) mass is 294 g/mol. The molecule has 0 heterocycles. The van der Waals surface area contributed by atoms with Crippen LogP contribution in [0.3, 0.4) is 0 Å². The van der Waals surface area contributed by atoms with Gasteiger partial charge in [-0.1, -0.05) is 17.7 Å². The van der Waals surface area contributed by atoms with E-state index in [0.29, 0.717) is 10.8 Å². The molecule has 1 N–H and O–H groups in total. The highest BCUT2D eigenvalue weighted by atomic mass is 35.5. The predicted octanol–water partition coefficient (Wildman–Crippen LogP) is 4.91. The van der Waals surface area contributed by atoms with Crippen molar-refractivity contribution < 1.29 is 9.84 Å². The van der Waals surface area contributed by atoms with E-state index < -0.39 is 6.10 Å². The van der Waals surface area contributed by atoms with Crippen LogP contribution in [0.2, 0.25) is 5.02 Å². The van der Waals surface area contributed by atoms with Crippen molar-refractivity contribution in [2.45, 2.75) is 17.9 Å². The second-order valence-corrected chi connectivity index (χ2v) is 5.43. The summed E-state index contributed by atoms with van der Waals surface area (Å²) in [5.41, 5.74) is 0.773. The first-order valence-electron chi connectivity index (χ1n) is 5.89. The van der Waals surface area contributed by atoms with Crippen molar-refractivity contribution in [1.29, 1.82) is 0 Å². The summed E-state index contributed by atoms with van der Waals surface area (Å²) in [5.74, 6) is 1.33. The third-order valence-electron chi connectivity index (χ3n) is 2.73. The van der Waals surface area contributed by atoms with Gasteiger partial charge in [-0.05, 0) is 55.1 Å². The molecule has 0 saturated heterocycles. The highest BCUT2D eigenvalue weighted by molar-refractivity contribution is 7.98. The Balaban J connectivity index is 2.18. The molecular weight excluding hydrogens is 280 g/mol. The van der Waals surface area contributed by atoms with Crippen LogP contribution in [0.5, 0.6) is 11.5 Å². The largest absolute Gasteiger partial charge is 0.456 e. The maximum Gasteiger partial charge on any atom is 0.146 e. The van der Waals surface area contributed by atoms with E-state index in [9.17, 15) is 5.11 Å². The zero-order valence-corrected chi connectivity index (χ0v) is 12.3. The normalized spacial score (nSPS) is 12.2.